The average Bonchev–Trinajstić information content (AvgIpc) is 2.87. The highest BCUT2D eigenvalue weighted by molar-refractivity contribution is 5.88. The third-order valence-corrected chi connectivity index (χ3v) is 3.08. The topological polar surface area (TPSA) is 103 Å². The number of carbonyl (C=O) groups excluding carboxylic acids is 1. The van der Waals surface area contributed by atoms with Crippen molar-refractivity contribution in [3.63, 3.8) is 0 Å². The fraction of sp³-hybridized carbons (Fsp3) is 0.700. The Labute approximate surface area is 98.6 Å². The molecule has 1 fully saturated rings. The highest BCUT2D eigenvalue weighted by atomic mass is 16.5. The van der Waals surface area contributed by atoms with Crippen LogP contribution in [0.5, 0.6) is 0 Å². The Morgan fingerprint density at radius 3 is 2.88 bits per heavy atom. The number of nitrogens with zero attached hydrogens (tertiary/aromatic N) is 3. The Morgan fingerprint density at radius 1 is 1.71 bits per heavy atom. The van der Waals surface area contributed by atoms with Crippen molar-refractivity contribution in [1.82, 2.24) is 14.8 Å². The van der Waals surface area contributed by atoms with E-state index >= 15 is 0 Å². The summed E-state index contributed by atoms with van der Waals surface area (Å²) in [6, 6.07) is 0. The van der Waals surface area contributed by atoms with Gasteiger partial charge in [0.1, 0.15) is 6.33 Å². The summed E-state index contributed by atoms with van der Waals surface area (Å²) in [5.41, 5.74) is 5.07. The number of hydrogen-bond acceptors (Lipinski definition) is 5. The lowest BCUT2D eigenvalue weighted by Gasteiger charge is -2.14. The maximum atomic E-state index is 10.9. The van der Waals surface area contributed by atoms with Crippen LogP contribution in [-0.2, 0) is 4.74 Å². The van der Waals surface area contributed by atoms with E-state index in [-0.39, 0.29) is 17.8 Å². The molecule has 7 heteroatoms. The van der Waals surface area contributed by atoms with Gasteiger partial charge in [-0.15, -0.1) is 5.10 Å². The van der Waals surface area contributed by atoms with E-state index in [0.717, 1.165) is 6.42 Å². The molecule has 4 atom stereocenters. The molecular weight excluding hydrogens is 224 g/mol. The van der Waals surface area contributed by atoms with E-state index in [9.17, 15) is 9.90 Å². The van der Waals surface area contributed by atoms with Crippen LogP contribution in [0.2, 0.25) is 0 Å². The van der Waals surface area contributed by atoms with E-state index in [4.69, 9.17) is 10.5 Å². The molecule has 1 aliphatic rings. The van der Waals surface area contributed by atoms with E-state index in [2.05, 4.69) is 10.1 Å². The van der Waals surface area contributed by atoms with Gasteiger partial charge >= 0.3 is 0 Å². The molecule has 0 saturated carbocycles. The van der Waals surface area contributed by atoms with Crippen molar-refractivity contribution in [2.24, 2.45) is 11.7 Å². The minimum Gasteiger partial charge on any atom is -0.390 e. The first-order valence-electron chi connectivity index (χ1n) is 5.59. The summed E-state index contributed by atoms with van der Waals surface area (Å²) in [5, 5.41) is 13.9. The predicted molar refractivity (Wildman–Crippen MR) is 57.9 cm³/mol. The number of aliphatic hydroxyl groups excluding tert-OH is 1. The average molecular weight is 240 g/mol. The first kappa shape index (κ1) is 12.0. The molecule has 0 aromatic carbocycles. The van der Waals surface area contributed by atoms with Crippen LogP contribution in [-0.4, -0.2) is 38.0 Å². The Hall–Kier alpha value is -1.47. The first-order valence-corrected chi connectivity index (χ1v) is 5.59. The van der Waals surface area contributed by atoms with Gasteiger partial charge in [0.25, 0.3) is 5.91 Å². The molecule has 94 valence electrons. The first-order chi connectivity index (χ1) is 8.04. The summed E-state index contributed by atoms with van der Waals surface area (Å²) in [4.78, 5) is 14.7. The Morgan fingerprint density at radius 2 is 2.41 bits per heavy atom. The molecule has 0 spiro atoms. The number of amides is 1. The minimum absolute atomic E-state index is 0.0461. The summed E-state index contributed by atoms with van der Waals surface area (Å²) in [7, 11) is 0. The van der Waals surface area contributed by atoms with Gasteiger partial charge in [0, 0.05) is 5.92 Å². The van der Waals surface area contributed by atoms with Crippen molar-refractivity contribution < 1.29 is 14.6 Å². The van der Waals surface area contributed by atoms with Gasteiger partial charge in [0.15, 0.2) is 6.23 Å². The molecule has 1 aromatic rings. The summed E-state index contributed by atoms with van der Waals surface area (Å²) < 4.78 is 7.11. The van der Waals surface area contributed by atoms with Crippen LogP contribution >= 0.6 is 0 Å². The number of ether oxygens (including phenoxy) is 1. The normalized spacial score (nSPS) is 32.9. The molecule has 1 saturated heterocycles. The lowest BCUT2D eigenvalue weighted by molar-refractivity contribution is -0.0288. The standard InChI is InChI=1S/C10H16N4O3/c1-3-6-7(15)5(2)10(17-6)14-4-12-9(13-14)8(11)16/h4-7,10,15H,3H2,1-2H3,(H2,11,16). The highest BCUT2D eigenvalue weighted by Crippen LogP contribution is 2.34. The predicted octanol–water partition coefficient (Wildman–Crippen LogP) is -0.319. The SMILES string of the molecule is CCC1OC(n2cnc(C(N)=O)n2)C(C)C1O. The quantitative estimate of drug-likeness (QED) is 0.753. The monoisotopic (exact) mass is 240 g/mol. The Bertz CT molecular complexity index is 419. The van der Waals surface area contributed by atoms with Crippen molar-refractivity contribution in [2.45, 2.75) is 38.7 Å². The largest absolute Gasteiger partial charge is 0.390 e. The summed E-state index contributed by atoms with van der Waals surface area (Å²) >= 11 is 0. The van der Waals surface area contributed by atoms with Gasteiger partial charge in [0.2, 0.25) is 5.82 Å². The molecule has 1 aromatic heterocycles. The van der Waals surface area contributed by atoms with Crippen LogP contribution in [0.4, 0.5) is 0 Å². The van der Waals surface area contributed by atoms with Gasteiger partial charge in [-0.25, -0.2) is 9.67 Å². The molecule has 0 bridgehead atoms. The molecule has 1 amide bonds. The zero-order valence-corrected chi connectivity index (χ0v) is 9.78. The zero-order chi connectivity index (χ0) is 12.6. The molecule has 2 rings (SSSR count). The van der Waals surface area contributed by atoms with Crippen LogP contribution in [0.15, 0.2) is 6.33 Å². The fourth-order valence-electron chi connectivity index (χ4n) is 2.04. The molecular formula is C10H16N4O3. The van der Waals surface area contributed by atoms with Gasteiger partial charge in [-0.05, 0) is 6.42 Å². The van der Waals surface area contributed by atoms with E-state index in [0.29, 0.717) is 0 Å². The van der Waals surface area contributed by atoms with Crippen molar-refractivity contribution in [3.05, 3.63) is 12.2 Å². The molecule has 3 N–H and O–H groups in total. The number of aliphatic hydroxyl groups is 1. The van der Waals surface area contributed by atoms with Crippen LogP contribution in [0, 0.1) is 5.92 Å². The third kappa shape index (κ3) is 2.03. The number of primary amides is 1. The van der Waals surface area contributed by atoms with E-state index in [1.807, 2.05) is 13.8 Å². The van der Waals surface area contributed by atoms with E-state index in [1.165, 1.54) is 11.0 Å². The second kappa shape index (κ2) is 4.42. The smallest absolute Gasteiger partial charge is 0.288 e. The highest BCUT2D eigenvalue weighted by Gasteiger charge is 2.41. The molecule has 17 heavy (non-hydrogen) atoms. The Balaban J connectivity index is 2.19. The molecule has 1 aliphatic heterocycles. The Kier molecular flexibility index (Phi) is 3.12. The van der Waals surface area contributed by atoms with Gasteiger partial charge in [-0.3, -0.25) is 4.79 Å². The fourth-order valence-corrected chi connectivity index (χ4v) is 2.04. The maximum Gasteiger partial charge on any atom is 0.288 e. The number of carbonyl (C=O) groups is 1. The molecule has 2 heterocycles. The maximum absolute atomic E-state index is 10.9. The minimum atomic E-state index is -0.679. The molecule has 7 nitrogen and oxygen atoms in total. The summed E-state index contributed by atoms with van der Waals surface area (Å²) in [6.45, 7) is 3.82. The number of rotatable bonds is 3. The van der Waals surface area contributed by atoms with E-state index < -0.39 is 18.2 Å². The molecule has 0 radical (unpaired) electrons. The zero-order valence-electron chi connectivity index (χ0n) is 9.78. The number of aromatic nitrogens is 3. The van der Waals surface area contributed by atoms with Crippen molar-refractivity contribution >= 4 is 5.91 Å². The van der Waals surface area contributed by atoms with E-state index in [1.54, 1.807) is 0 Å². The molecule has 4 unspecified atom stereocenters. The summed E-state index contributed by atoms with van der Waals surface area (Å²) in [5.74, 6) is -0.834. The van der Waals surface area contributed by atoms with Gasteiger partial charge in [-0.1, -0.05) is 13.8 Å². The second-order valence-electron chi connectivity index (χ2n) is 4.24. The number of hydrogen-bond donors (Lipinski definition) is 2. The van der Waals surface area contributed by atoms with Crippen LogP contribution in [0.1, 0.15) is 37.1 Å². The molecule has 0 aliphatic carbocycles. The second-order valence-corrected chi connectivity index (χ2v) is 4.24. The van der Waals surface area contributed by atoms with Crippen molar-refractivity contribution in [3.8, 4) is 0 Å². The van der Waals surface area contributed by atoms with Crippen molar-refractivity contribution in [1.29, 1.82) is 0 Å². The van der Waals surface area contributed by atoms with Crippen LogP contribution < -0.4 is 5.73 Å². The third-order valence-electron chi connectivity index (χ3n) is 3.08. The van der Waals surface area contributed by atoms with Gasteiger partial charge in [0.05, 0.1) is 12.2 Å². The summed E-state index contributed by atoms with van der Waals surface area (Å²) in [6.07, 6.45) is 0.962. The number of nitrogens with two attached hydrogens (primary N) is 1. The van der Waals surface area contributed by atoms with Gasteiger partial charge in [-0.2, -0.15) is 0 Å². The van der Waals surface area contributed by atoms with Crippen LogP contribution in [0.3, 0.4) is 0 Å². The lowest BCUT2D eigenvalue weighted by atomic mass is 10.0. The van der Waals surface area contributed by atoms with Crippen LogP contribution in [0.25, 0.3) is 0 Å². The lowest BCUT2D eigenvalue weighted by Crippen LogP contribution is -2.24. The van der Waals surface area contributed by atoms with Gasteiger partial charge < -0.3 is 15.6 Å². The van der Waals surface area contributed by atoms with Crippen molar-refractivity contribution in [2.75, 3.05) is 0 Å².